The molecule has 1 amide bonds. The van der Waals surface area contributed by atoms with E-state index in [1.807, 2.05) is 49.1 Å². The summed E-state index contributed by atoms with van der Waals surface area (Å²) in [6.45, 7) is 5.95. The van der Waals surface area contributed by atoms with Crippen LogP contribution < -0.4 is 15.7 Å². The van der Waals surface area contributed by atoms with Gasteiger partial charge < -0.3 is 25.1 Å². The van der Waals surface area contributed by atoms with E-state index in [0.717, 1.165) is 27.2 Å². The molecule has 176 valence electrons. The van der Waals surface area contributed by atoms with E-state index >= 15 is 0 Å². The lowest BCUT2D eigenvalue weighted by Gasteiger charge is -2.37. The third-order valence-corrected chi connectivity index (χ3v) is 6.74. The predicted octanol–water partition coefficient (Wildman–Crippen LogP) is 2.65. The minimum atomic E-state index is -0.919. The van der Waals surface area contributed by atoms with Crippen LogP contribution in [0.1, 0.15) is 29.5 Å². The number of H-pyrrole nitrogens is 2. The molecule has 0 saturated carbocycles. The number of piperidine rings is 1. The standard InChI is InChI=1S/C24H29ClN4O4/c1-15-9-18(10-16(2)22(15)25)33-14-24(32)5-7-29(8-6-24)13-21(30)26-12-17-3-4-19-20(11-17)28-23(31)27-19/h3-4,9-11,32H,5-8,12-14H2,1-2H3,(H,26,30)(H2,27,28,31). The Balaban J connectivity index is 1.22. The lowest BCUT2D eigenvalue weighted by Crippen LogP contribution is -2.50. The monoisotopic (exact) mass is 472 g/mol. The Morgan fingerprint density at radius 2 is 1.82 bits per heavy atom. The van der Waals surface area contributed by atoms with Crippen molar-refractivity contribution in [3.63, 3.8) is 0 Å². The molecule has 1 aliphatic rings. The van der Waals surface area contributed by atoms with Crippen LogP contribution in [0.25, 0.3) is 11.0 Å². The molecule has 0 bridgehead atoms. The van der Waals surface area contributed by atoms with Gasteiger partial charge in [0, 0.05) is 24.7 Å². The molecular weight excluding hydrogens is 444 g/mol. The quantitative estimate of drug-likeness (QED) is 0.422. The number of hydrogen-bond donors (Lipinski definition) is 4. The highest BCUT2D eigenvalue weighted by Crippen LogP contribution is 2.28. The number of aryl methyl sites for hydroxylation is 2. The van der Waals surface area contributed by atoms with Gasteiger partial charge in [0.1, 0.15) is 18.0 Å². The molecule has 2 heterocycles. The lowest BCUT2D eigenvalue weighted by atomic mass is 9.92. The number of amides is 1. The zero-order valence-corrected chi connectivity index (χ0v) is 19.6. The van der Waals surface area contributed by atoms with Gasteiger partial charge >= 0.3 is 5.69 Å². The topological polar surface area (TPSA) is 110 Å². The Morgan fingerprint density at radius 1 is 1.15 bits per heavy atom. The maximum atomic E-state index is 12.4. The van der Waals surface area contributed by atoms with Crippen LogP contribution in [0.3, 0.4) is 0 Å². The summed E-state index contributed by atoms with van der Waals surface area (Å²) in [6.07, 6.45) is 1.06. The molecule has 3 aromatic rings. The van der Waals surface area contributed by atoms with Gasteiger partial charge in [-0.25, -0.2) is 4.79 Å². The maximum Gasteiger partial charge on any atom is 0.323 e. The van der Waals surface area contributed by atoms with E-state index in [-0.39, 0.29) is 24.7 Å². The van der Waals surface area contributed by atoms with Crippen molar-refractivity contribution in [2.45, 2.75) is 38.8 Å². The second kappa shape index (κ2) is 9.59. The molecule has 0 aliphatic carbocycles. The SMILES string of the molecule is Cc1cc(OCC2(O)CCN(CC(=O)NCc3ccc4[nH]c(=O)[nH]c4c3)CC2)cc(C)c1Cl. The Morgan fingerprint density at radius 3 is 2.52 bits per heavy atom. The summed E-state index contributed by atoms with van der Waals surface area (Å²) >= 11 is 6.21. The van der Waals surface area contributed by atoms with Crippen molar-refractivity contribution in [2.24, 2.45) is 0 Å². The van der Waals surface area contributed by atoms with Gasteiger partial charge in [-0.15, -0.1) is 0 Å². The molecule has 1 fully saturated rings. The number of fused-ring (bicyclic) bond motifs is 1. The van der Waals surface area contributed by atoms with Crippen LogP contribution in [-0.2, 0) is 11.3 Å². The van der Waals surface area contributed by atoms with Gasteiger partial charge in [0.15, 0.2) is 0 Å². The number of carbonyl (C=O) groups is 1. The number of carbonyl (C=O) groups excluding carboxylic acids is 1. The van der Waals surface area contributed by atoms with Crippen molar-refractivity contribution in [1.82, 2.24) is 20.2 Å². The van der Waals surface area contributed by atoms with Crippen LogP contribution in [-0.4, -0.2) is 57.7 Å². The van der Waals surface area contributed by atoms with Crippen LogP contribution in [0.2, 0.25) is 5.02 Å². The number of ether oxygens (including phenoxy) is 1. The number of benzene rings is 2. The second-order valence-electron chi connectivity index (χ2n) is 8.90. The van der Waals surface area contributed by atoms with Crippen LogP contribution in [0, 0.1) is 13.8 Å². The summed E-state index contributed by atoms with van der Waals surface area (Å²) in [4.78, 5) is 31.2. The highest BCUT2D eigenvalue weighted by atomic mass is 35.5. The van der Waals surface area contributed by atoms with Gasteiger partial charge in [-0.05, 0) is 67.6 Å². The molecule has 1 aliphatic heterocycles. The molecule has 2 aromatic carbocycles. The first kappa shape index (κ1) is 23.4. The first-order valence-corrected chi connectivity index (χ1v) is 11.4. The van der Waals surface area contributed by atoms with E-state index < -0.39 is 5.60 Å². The predicted molar refractivity (Wildman–Crippen MR) is 128 cm³/mol. The van der Waals surface area contributed by atoms with Crippen molar-refractivity contribution >= 4 is 28.5 Å². The minimum Gasteiger partial charge on any atom is -0.491 e. The second-order valence-corrected chi connectivity index (χ2v) is 9.27. The fourth-order valence-electron chi connectivity index (χ4n) is 4.13. The average molecular weight is 473 g/mol. The van der Waals surface area contributed by atoms with Crippen LogP contribution >= 0.6 is 11.6 Å². The average Bonchev–Trinajstić information content (AvgIpc) is 3.15. The summed E-state index contributed by atoms with van der Waals surface area (Å²) in [7, 11) is 0. The molecule has 33 heavy (non-hydrogen) atoms. The molecule has 8 nitrogen and oxygen atoms in total. The van der Waals surface area contributed by atoms with E-state index in [1.54, 1.807) is 0 Å². The Kier molecular flexibility index (Phi) is 6.78. The number of hydrogen-bond acceptors (Lipinski definition) is 5. The Hall–Kier alpha value is -2.81. The van der Waals surface area contributed by atoms with Crippen molar-refractivity contribution < 1.29 is 14.6 Å². The van der Waals surface area contributed by atoms with Gasteiger partial charge in [0.05, 0.1) is 17.6 Å². The summed E-state index contributed by atoms with van der Waals surface area (Å²) in [5.74, 6) is 0.623. The van der Waals surface area contributed by atoms with Crippen LogP contribution in [0.5, 0.6) is 5.75 Å². The maximum absolute atomic E-state index is 12.4. The lowest BCUT2D eigenvalue weighted by molar-refractivity contribution is -0.124. The molecule has 0 unspecified atom stereocenters. The fourth-order valence-corrected chi connectivity index (χ4v) is 4.24. The number of halogens is 1. The highest BCUT2D eigenvalue weighted by molar-refractivity contribution is 6.32. The Bertz CT molecular complexity index is 1190. The van der Waals surface area contributed by atoms with E-state index in [9.17, 15) is 14.7 Å². The number of aromatic nitrogens is 2. The zero-order chi connectivity index (χ0) is 23.6. The van der Waals surface area contributed by atoms with E-state index in [1.165, 1.54) is 0 Å². The zero-order valence-electron chi connectivity index (χ0n) is 18.8. The molecule has 9 heteroatoms. The molecule has 0 radical (unpaired) electrons. The molecule has 1 saturated heterocycles. The summed E-state index contributed by atoms with van der Waals surface area (Å²) < 4.78 is 5.87. The number of nitrogens with zero attached hydrogens (tertiary/aromatic N) is 1. The third-order valence-electron chi connectivity index (χ3n) is 6.14. The van der Waals surface area contributed by atoms with Gasteiger partial charge in [0.2, 0.25) is 5.91 Å². The molecule has 4 N–H and O–H groups in total. The molecular formula is C24H29ClN4O4. The molecule has 0 atom stereocenters. The van der Waals surface area contributed by atoms with Gasteiger partial charge in [-0.1, -0.05) is 17.7 Å². The first-order valence-electron chi connectivity index (χ1n) is 11.0. The number of likely N-dealkylation sites (tertiary alicyclic amines) is 1. The van der Waals surface area contributed by atoms with Crippen molar-refractivity contribution in [1.29, 1.82) is 0 Å². The number of imidazole rings is 1. The third kappa shape index (κ3) is 5.76. The van der Waals surface area contributed by atoms with E-state index in [0.29, 0.717) is 43.7 Å². The van der Waals surface area contributed by atoms with Crippen molar-refractivity contribution in [3.05, 3.63) is 62.5 Å². The summed E-state index contributed by atoms with van der Waals surface area (Å²) in [6, 6.07) is 9.29. The van der Waals surface area contributed by atoms with Gasteiger partial charge in [0.25, 0.3) is 0 Å². The summed E-state index contributed by atoms with van der Waals surface area (Å²) in [5.41, 5.74) is 3.08. The minimum absolute atomic E-state index is 0.0773. The largest absolute Gasteiger partial charge is 0.491 e. The fraction of sp³-hybridized carbons (Fsp3) is 0.417. The molecule has 4 rings (SSSR count). The van der Waals surface area contributed by atoms with E-state index in [2.05, 4.69) is 15.3 Å². The van der Waals surface area contributed by atoms with Gasteiger partial charge in [-0.2, -0.15) is 0 Å². The van der Waals surface area contributed by atoms with Crippen LogP contribution in [0.15, 0.2) is 35.1 Å². The Labute approximate surface area is 196 Å². The van der Waals surface area contributed by atoms with E-state index in [4.69, 9.17) is 16.3 Å². The number of rotatable bonds is 7. The normalized spacial score (nSPS) is 16.1. The first-order chi connectivity index (χ1) is 15.7. The van der Waals surface area contributed by atoms with Crippen molar-refractivity contribution in [3.8, 4) is 5.75 Å². The smallest absolute Gasteiger partial charge is 0.323 e. The summed E-state index contributed by atoms with van der Waals surface area (Å²) in [5, 5.41) is 14.6. The van der Waals surface area contributed by atoms with Crippen molar-refractivity contribution in [2.75, 3.05) is 26.2 Å². The highest BCUT2D eigenvalue weighted by Gasteiger charge is 2.33. The van der Waals surface area contributed by atoms with Crippen LogP contribution in [0.4, 0.5) is 0 Å². The molecule has 1 aromatic heterocycles. The number of aromatic amines is 2. The number of aliphatic hydroxyl groups is 1. The molecule has 0 spiro atoms. The number of nitrogens with one attached hydrogen (secondary N) is 3. The van der Waals surface area contributed by atoms with Gasteiger partial charge in [-0.3, -0.25) is 9.69 Å².